The Bertz CT molecular complexity index is 566. The molecule has 0 saturated carbocycles. The molecule has 25 heavy (non-hydrogen) atoms. The van der Waals surface area contributed by atoms with Gasteiger partial charge < -0.3 is 29.7 Å². The Morgan fingerprint density at radius 2 is 2.00 bits per heavy atom. The Balaban J connectivity index is 2.85. The average Bonchev–Trinajstić information content (AvgIpc) is 2.55. The maximum atomic E-state index is 10.6. The number of thioether (sulfide) groups is 2. The molecule has 1 aliphatic heterocycles. The first-order chi connectivity index (χ1) is 11.7. The molecule has 1 saturated heterocycles. The summed E-state index contributed by atoms with van der Waals surface area (Å²) in [6, 6.07) is 0. The van der Waals surface area contributed by atoms with E-state index >= 15 is 0 Å². The smallest absolute Gasteiger partial charge is 0.284 e. The van der Waals surface area contributed by atoms with E-state index in [2.05, 4.69) is 9.44 Å². The van der Waals surface area contributed by atoms with Crippen molar-refractivity contribution in [2.75, 3.05) is 12.9 Å². The molecule has 1 rings (SSSR count). The van der Waals surface area contributed by atoms with E-state index in [4.69, 9.17) is 9.84 Å². The van der Waals surface area contributed by atoms with Gasteiger partial charge >= 0.3 is 0 Å². The molecule has 1 heterocycles. The third kappa shape index (κ3) is 7.80. The monoisotopic (exact) mass is 418 g/mol. The van der Waals surface area contributed by atoms with Crippen molar-refractivity contribution in [1.82, 2.24) is 0 Å². The Morgan fingerprint density at radius 1 is 1.32 bits per heavy atom. The fourth-order valence-electron chi connectivity index (χ4n) is 1.88. The van der Waals surface area contributed by atoms with Gasteiger partial charge in [0.05, 0.1) is 6.61 Å². The van der Waals surface area contributed by atoms with Crippen molar-refractivity contribution in [1.29, 1.82) is 0 Å². The maximum absolute atomic E-state index is 10.6. The zero-order chi connectivity index (χ0) is 19.0. The summed E-state index contributed by atoms with van der Waals surface area (Å²) in [5, 5.41) is 43.7. The molecular formula is C12H20NO9S3-. The van der Waals surface area contributed by atoms with Crippen molar-refractivity contribution in [2.24, 2.45) is 5.16 Å². The summed E-state index contributed by atoms with van der Waals surface area (Å²) in [6.07, 6.45) is -1.50. The Hall–Kier alpha value is -0.380. The summed E-state index contributed by atoms with van der Waals surface area (Å²) >= 11 is 2.18. The molecule has 0 aromatic heterocycles. The van der Waals surface area contributed by atoms with Crippen LogP contribution in [-0.4, -0.2) is 81.2 Å². The van der Waals surface area contributed by atoms with Crippen LogP contribution in [0, 0.1) is 0 Å². The van der Waals surface area contributed by atoms with Crippen LogP contribution in [0.5, 0.6) is 0 Å². The van der Waals surface area contributed by atoms with E-state index in [1.54, 1.807) is 11.5 Å². The Morgan fingerprint density at radius 3 is 2.56 bits per heavy atom. The summed E-state index contributed by atoms with van der Waals surface area (Å²) in [4.78, 5) is 0. The van der Waals surface area contributed by atoms with E-state index < -0.39 is 46.9 Å². The van der Waals surface area contributed by atoms with Crippen molar-refractivity contribution in [3.05, 3.63) is 11.5 Å². The van der Waals surface area contributed by atoms with Gasteiger partial charge in [-0.25, -0.2) is 0 Å². The lowest BCUT2D eigenvalue weighted by Crippen LogP contribution is -2.57. The lowest BCUT2D eigenvalue weighted by atomic mass is 10.0. The molecule has 0 radical (unpaired) electrons. The van der Waals surface area contributed by atoms with E-state index in [9.17, 15) is 28.3 Å². The van der Waals surface area contributed by atoms with Gasteiger partial charge in [-0.15, -0.1) is 11.8 Å². The van der Waals surface area contributed by atoms with Crippen LogP contribution in [0.15, 0.2) is 16.6 Å². The summed E-state index contributed by atoms with van der Waals surface area (Å²) in [6.45, 7) is -0.601. The van der Waals surface area contributed by atoms with Crippen LogP contribution in [-0.2, 0) is 19.4 Å². The molecule has 1 aliphatic rings. The molecule has 0 aliphatic carbocycles. The fourth-order valence-corrected chi connectivity index (χ4v) is 3.52. The minimum absolute atomic E-state index is 0.0227. The minimum atomic E-state index is -5.05. The summed E-state index contributed by atoms with van der Waals surface area (Å²) in [7, 11) is -5.05. The highest BCUT2D eigenvalue weighted by molar-refractivity contribution is 8.14. The number of aliphatic hydroxyl groups excluding tert-OH is 4. The first kappa shape index (κ1) is 22.7. The van der Waals surface area contributed by atoms with Gasteiger partial charge in [0.2, 0.25) is 0 Å². The SMILES string of the molecule is CS/C=C/CC/C(=N/OS(=O)(=O)[O-])S[C@@H]1O[C@H](CO)[C@@H](O)[C@H](O)[C@H]1O. The second-order valence-corrected chi connectivity index (χ2v) is 7.81. The van der Waals surface area contributed by atoms with E-state index in [1.165, 1.54) is 11.8 Å². The van der Waals surface area contributed by atoms with Crippen LogP contribution < -0.4 is 0 Å². The highest BCUT2D eigenvalue weighted by atomic mass is 32.3. The highest BCUT2D eigenvalue weighted by Crippen LogP contribution is 2.30. The maximum Gasteiger partial charge on any atom is 0.284 e. The van der Waals surface area contributed by atoms with Crippen molar-refractivity contribution >= 4 is 39.0 Å². The molecule has 0 bridgehead atoms. The topological polar surface area (TPSA) is 169 Å². The molecule has 4 N–H and O–H groups in total. The zero-order valence-corrected chi connectivity index (χ0v) is 15.6. The van der Waals surface area contributed by atoms with E-state index in [-0.39, 0.29) is 11.5 Å². The van der Waals surface area contributed by atoms with Gasteiger partial charge in [-0.3, -0.25) is 4.28 Å². The Kier molecular flexibility index (Phi) is 9.69. The molecule has 0 aromatic carbocycles. The van der Waals surface area contributed by atoms with Gasteiger partial charge in [-0.2, -0.15) is 8.42 Å². The molecule has 0 unspecified atom stereocenters. The number of allylic oxidation sites excluding steroid dienone is 1. The van der Waals surface area contributed by atoms with Crippen LogP contribution in [0.4, 0.5) is 0 Å². The molecule has 5 atom stereocenters. The van der Waals surface area contributed by atoms with Crippen molar-refractivity contribution < 1.29 is 42.4 Å². The molecule has 10 nitrogen and oxygen atoms in total. The standard InChI is InChI=1S/C12H21NO9S3/c1-23-5-3-2-4-8(13-22-25(18,19)20)24-12-11(17)10(16)9(15)7(6-14)21-12/h3,5,7,9-12,14-17H,2,4,6H2,1H3,(H,18,19,20)/p-1/b5-3+,13-8-/t7-,9-,10+,11-,12+/m1/s1. The molecule has 0 spiro atoms. The van der Waals surface area contributed by atoms with Crippen LogP contribution in [0.1, 0.15) is 12.8 Å². The van der Waals surface area contributed by atoms with Crippen molar-refractivity contribution in [3.63, 3.8) is 0 Å². The van der Waals surface area contributed by atoms with Crippen molar-refractivity contribution in [2.45, 2.75) is 42.7 Å². The highest BCUT2D eigenvalue weighted by Gasteiger charge is 2.44. The van der Waals surface area contributed by atoms with Crippen molar-refractivity contribution in [3.8, 4) is 0 Å². The molecule has 0 aromatic rings. The van der Waals surface area contributed by atoms with E-state index in [1.807, 2.05) is 6.26 Å². The Labute approximate surface area is 153 Å². The molecule has 146 valence electrons. The third-order valence-electron chi connectivity index (χ3n) is 3.09. The van der Waals surface area contributed by atoms with Gasteiger partial charge in [-0.1, -0.05) is 23.0 Å². The van der Waals surface area contributed by atoms with E-state index in [0.29, 0.717) is 6.42 Å². The minimum Gasteiger partial charge on any atom is -0.714 e. The second kappa shape index (κ2) is 10.7. The summed E-state index contributed by atoms with van der Waals surface area (Å²) < 4.78 is 40.9. The number of nitrogens with zero attached hydrogens (tertiary/aromatic N) is 1. The normalized spacial score (nSPS) is 31.4. The van der Waals surface area contributed by atoms with Gasteiger partial charge in [0, 0.05) is 6.42 Å². The molecule has 13 heteroatoms. The van der Waals surface area contributed by atoms with Gasteiger partial charge in [-0.05, 0) is 18.1 Å². The van der Waals surface area contributed by atoms with Crippen LogP contribution in [0.2, 0.25) is 0 Å². The molecule has 0 amide bonds. The molecule has 1 fully saturated rings. The third-order valence-corrected chi connectivity index (χ3v) is 4.98. The number of hydrogen-bond donors (Lipinski definition) is 4. The average molecular weight is 418 g/mol. The summed E-state index contributed by atoms with van der Waals surface area (Å²) in [5.41, 5.74) is -1.16. The lowest BCUT2D eigenvalue weighted by Gasteiger charge is -2.39. The van der Waals surface area contributed by atoms with Gasteiger partial charge in [0.15, 0.2) is 0 Å². The first-order valence-electron chi connectivity index (χ1n) is 7.06. The quantitative estimate of drug-likeness (QED) is 0.125. The summed E-state index contributed by atoms with van der Waals surface area (Å²) in [5.74, 6) is 0. The molecular weight excluding hydrogens is 398 g/mol. The van der Waals surface area contributed by atoms with Gasteiger partial charge in [0.25, 0.3) is 10.4 Å². The van der Waals surface area contributed by atoms with Crippen LogP contribution >= 0.6 is 23.5 Å². The first-order valence-corrected chi connectivity index (χ1v) is 10.6. The second-order valence-electron chi connectivity index (χ2n) is 4.93. The predicted octanol–water partition coefficient (Wildman–Crippen LogP) is -1.03. The van der Waals surface area contributed by atoms with E-state index in [0.717, 1.165) is 11.8 Å². The van der Waals surface area contributed by atoms with Gasteiger partial charge in [0.1, 0.15) is 34.9 Å². The number of oxime groups is 1. The number of rotatable bonds is 8. The number of aliphatic hydroxyl groups is 4. The largest absolute Gasteiger partial charge is 0.714 e. The van der Waals surface area contributed by atoms with Crippen LogP contribution in [0.3, 0.4) is 0 Å². The van der Waals surface area contributed by atoms with Crippen LogP contribution in [0.25, 0.3) is 0 Å². The number of ether oxygens (including phenoxy) is 1. The number of hydrogen-bond acceptors (Lipinski definition) is 12. The zero-order valence-electron chi connectivity index (χ0n) is 13.2. The lowest BCUT2D eigenvalue weighted by molar-refractivity contribution is -0.205. The fraction of sp³-hybridized carbons (Fsp3) is 0.750. The predicted molar refractivity (Wildman–Crippen MR) is 91.5 cm³/mol.